The van der Waals surface area contributed by atoms with Gasteiger partial charge in [0, 0.05) is 35.6 Å². The number of amides is 2. The molecular weight excluding hydrogens is 616 g/mol. The molecule has 1 saturated heterocycles. The molecule has 4 aromatic rings. The molecule has 3 aliphatic heterocycles. The Labute approximate surface area is 276 Å². The number of benzene rings is 2. The van der Waals surface area contributed by atoms with Crippen molar-refractivity contribution in [3.8, 4) is 17.1 Å². The van der Waals surface area contributed by atoms with E-state index in [1.54, 1.807) is 40.7 Å². The summed E-state index contributed by atoms with van der Waals surface area (Å²) < 4.78 is 17.9. The molecule has 0 aliphatic carbocycles. The highest BCUT2D eigenvalue weighted by Gasteiger charge is 2.45. The number of rotatable bonds is 6. The van der Waals surface area contributed by atoms with Crippen LogP contribution in [0.4, 0.5) is 9.59 Å². The predicted molar refractivity (Wildman–Crippen MR) is 174 cm³/mol. The molecule has 0 unspecified atom stereocenters. The van der Waals surface area contributed by atoms with Crippen LogP contribution in [0, 0.1) is 0 Å². The summed E-state index contributed by atoms with van der Waals surface area (Å²) >= 11 is 0. The van der Waals surface area contributed by atoms with Gasteiger partial charge in [0.05, 0.1) is 29.0 Å². The first kappa shape index (κ1) is 31.4. The van der Waals surface area contributed by atoms with E-state index in [1.165, 1.54) is 0 Å². The lowest BCUT2D eigenvalue weighted by molar-refractivity contribution is -0.172. The fourth-order valence-electron chi connectivity index (χ4n) is 6.91. The maximum Gasteiger partial charge on any atom is 0.415 e. The molecule has 0 spiro atoms. The molecule has 2 aromatic heterocycles. The second kappa shape index (κ2) is 12.4. The summed E-state index contributed by atoms with van der Waals surface area (Å²) in [4.78, 5) is 58.0. The molecule has 5 heterocycles. The van der Waals surface area contributed by atoms with Crippen LogP contribution in [0.5, 0.6) is 5.75 Å². The molecule has 1 fully saturated rings. The Morgan fingerprint density at radius 3 is 2.56 bits per heavy atom. The van der Waals surface area contributed by atoms with E-state index >= 15 is 0 Å². The molecule has 7 rings (SSSR count). The number of nitrogens with zero attached hydrogens (tertiary/aromatic N) is 3. The highest BCUT2D eigenvalue weighted by Crippen LogP contribution is 2.40. The van der Waals surface area contributed by atoms with Crippen LogP contribution < -0.4 is 15.6 Å². The number of carbonyl (C=O) groups is 3. The number of hydrogen-bond donors (Lipinski definition) is 2. The van der Waals surface area contributed by atoms with Gasteiger partial charge in [-0.3, -0.25) is 4.79 Å². The highest BCUT2D eigenvalue weighted by molar-refractivity contribution is 5.90. The molecular formula is C36H36N4O8. The van der Waals surface area contributed by atoms with E-state index < -0.39 is 23.8 Å². The SMILES string of the molecule is CCc1c2c(nc3ccc(OC(=O)N4CCC(NC(=O)OCc5ccccc5)CC4)cc13)-c1cc3c(c(=O)n1C2)COC(=O)[C@]3(O)CC. The summed E-state index contributed by atoms with van der Waals surface area (Å²) in [5.41, 5.74) is 2.93. The van der Waals surface area contributed by atoms with Gasteiger partial charge >= 0.3 is 18.2 Å². The van der Waals surface area contributed by atoms with E-state index in [2.05, 4.69) is 5.32 Å². The van der Waals surface area contributed by atoms with Gasteiger partial charge < -0.3 is 34.1 Å². The number of cyclic esters (lactones) is 1. The van der Waals surface area contributed by atoms with Crippen molar-refractivity contribution in [1.82, 2.24) is 19.8 Å². The lowest BCUT2D eigenvalue weighted by atomic mass is 9.86. The van der Waals surface area contributed by atoms with E-state index in [1.807, 2.05) is 37.3 Å². The molecule has 0 saturated carbocycles. The molecule has 2 N–H and O–H groups in total. The van der Waals surface area contributed by atoms with E-state index in [-0.39, 0.29) is 48.9 Å². The number of ether oxygens (including phenoxy) is 3. The first-order chi connectivity index (χ1) is 23.2. The molecule has 3 aliphatic rings. The normalized spacial score (nSPS) is 18.5. The predicted octanol–water partition coefficient (Wildman–Crippen LogP) is 4.53. The van der Waals surface area contributed by atoms with Gasteiger partial charge in [-0.1, -0.05) is 44.2 Å². The molecule has 2 aromatic carbocycles. The minimum Gasteiger partial charge on any atom is -0.458 e. The minimum atomic E-state index is -1.89. The quantitative estimate of drug-likeness (QED) is 0.252. The highest BCUT2D eigenvalue weighted by atomic mass is 16.6. The third kappa shape index (κ3) is 5.45. The topological polar surface area (TPSA) is 149 Å². The summed E-state index contributed by atoms with van der Waals surface area (Å²) in [7, 11) is 0. The van der Waals surface area contributed by atoms with Crippen LogP contribution in [0.25, 0.3) is 22.3 Å². The zero-order chi connectivity index (χ0) is 33.6. The van der Waals surface area contributed by atoms with Crippen molar-refractivity contribution in [1.29, 1.82) is 0 Å². The van der Waals surface area contributed by atoms with Crippen molar-refractivity contribution in [2.24, 2.45) is 0 Å². The fourth-order valence-corrected chi connectivity index (χ4v) is 6.91. The van der Waals surface area contributed by atoms with Gasteiger partial charge in [-0.05, 0) is 61.1 Å². The third-order valence-corrected chi connectivity index (χ3v) is 9.62. The third-order valence-electron chi connectivity index (χ3n) is 9.62. The summed E-state index contributed by atoms with van der Waals surface area (Å²) in [5.74, 6) is -0.386. The number of carbonyl (C=O) groups excluding carboxylic acids is 3. The Hall–Kier alpha value is -5.23. The number of piperidine rings is 1. The first-order valence-electron chi connectivity index (χ1n) is 16.3. The number of aryl methyl sites for hydroxylation is 1. The lowest BCUT2D eigenvalue weighted by Gasteiger charge is -2.31. The van der Waals surface area contributed by atoms with Crippen molar-refractivity contribution < 1.29 is 33.7 Å². The van der Waals surface area contributed by atoms with Crippen molar-refractivity contribution in [2.75, 3.05) is 13.1 Å². The zero-order valence-electron chi connectivity index (χ0n) is 26.8. The Kier molecular flexibility index (Phi) is 8.12. The van der Waals surface area contributed by atoms with E-state index in [4.69, 9.17) is 19.2 Å². The largest absolute Gasteiger partial charge is 0.458 e. The summed E-state index contributed by atoms with van der Waals surface area (Å²) in [6.45, 7) is 4.82. The second-order valence-corrected chi connectivity index (χ2v) is 12.4. The maximum atomic E-state index is 13.6. The summed E-state index contributed by atoms with van der Waals surface area (Å²) in [6.07, 6.45) is 0.889. The van der Waals surface area contributed by atoms with Crippen molar-refractivity contribution in [2.45, 2.75) is 70.9 Å². The molecule has 0 bridgehead atoms. The lowest BCUT2D eigenvalue weighted by Crippen LogP contribution is -2.47. The van der Waals surface area contributed by atoms with Crippen LogP contribution in [0.15, 0.2) is 59.4 Å². The molecule has 1 atom stereocenters. The van der Waals surface area contributed by atoms with Gasteiger partial charge in [0.2, 0.25) is 0 Å². The molecule has 248 valence electrons. The van der Waals surface area contributed by atoms with Gasteiger partial charge in [0.25, 0.3) is 5.56 Å². The number of aromatic nitrogens is 2. The van der Waals surface area contributed by atoms with Crippen LogP contribution in [0.1, 0.15) is 60.9 Å². The molecule has 2 amide bonds. The van der Waals surface area contributed by atoms with Crippen LogP contribution in [-0.4, -0.2) is 56.8 Å². The van der Waals surface area contributed by atoms with E-state index in [0.717, 1.165) is 22.1 Å². The van der Waals surface area contributed by atoms with E-state index in [9.17, 15) is 24.3 Å². The first-order valence-corrected chi connectivity index (χ1v) is 16.3. The average molecular weight is 653 g/mol. The van der Waals surface area contributed by atoms with Gasteiger partial charge in [-0.15, -0.1) is 0 Å². The maximum absolute atomic E-state index is 13.6. The number of fused-ring (bicyclic) bond motifs is 5. The van der Waals surface area contributed by atoms with Crippen molar-refractivity contribution in [3.63, 3.8) is 0 Å². The van der Waals surface area contributed by atoms with Crippen LogP contribution in [-0.2, 0) is 46.0 Å². The number of hydrogen-bond acceptors (Lipinski definition) is 9. The fraction of sp³-hybridized carbons (Fsp3) is 0.361. The standard InChI is InChI=1S/C36H36N4O8/c1-3-24-25-16-23(48-35(44)39-14-12-22(13-15-39)37-34(43)47-19-21-8-6-5-7-9-21)10-11-29(25)38-31-26(24)18-40-30(31)17-28-27(32(40)41)20-46-33(42)36(28,45)4-2/h5-11,16-17,22,45H,3-4,12-15,18-20H2,1-2H3,(H,37,43)/t36-/m0/s1. The number of likely N-dealkylation sites (tertiary alicyclic amines) is 1. The molecule has 12 heteroatoms. The Bertz CT molecular complexity index is 2000. The number of aliphatic hydroxyl groups is 1. The Balaban J connectivity index is 1.05. The average Bonchev–Trinajstić information content (AvgIpc) is 3.47. The van der Waals surface area contributed by atoms with Crippen LogP contribution in [0.3, 0.4) is 0 Å². The van der Waals surface area contributed by atoms with Gasteiger partial charge in [-0.25, -0.2) is 19.4 Å². The van der Waals surface area contributed by atoms with Gasteiger partial charge in [0.1, 0.15) is 19.0 Å². The Morgan fingerprint density at radius 2 is 1.83 bits per heavy atom. The van der Waals surface area contributed by atoms with Crippen LogP contribution >= 0.6 is 0 Å². The van der Waals surface area contributed by atoms with Gasteiger partial charge in [0.15, 0.2) is 5.60 Å². The Morgan fingerprint density at radius 1 is 1.06 bits per heavy atom. The van der Waals surface area contributed by atoms with Crippen molar-refractivity contribution in [3.05, 3.63) is 92.8 Å². The summed E-state index contributed by atoms with van der Waals surface area (Å²) in [6, 6.07) is 16.3. The number of pyridine rings is 2. The smallest absolute Gasteiger partial charge is 0.415 e. The monoisotopic (exact) mass is 652 g/mol. The van der Waals surface area contributed by atoms with E-state index in [0.29, 0.717) is 55.0 Å². The molecule has 48 heavy (non-hydrogen) atoms. The second-order valence-electron chi connectivity index (χ2n) is 12.4. The minimum absolute atomic E-state index is 0.0696. The van der Waals surface area contributed by atoms with Gasteiger partial charge in [-0.2, -0.15) is 0 Å². The number of nitrogens with one attached hydrogen (secondary N) is 1. The number of alkyl carbamates (subject to hydrolysis) is 1. The molecule has 12 nitrogen and oxygen atoms in total. The molecule has 0 radical (unpaired) electrons. The van der Waals surface area contributed by atoms with Crippen molar-refractivity contribution >= 4 is 29.1 Å². The zero-order valence-corrected chi connectivity index (χ0v) is 26.8. The van der Waals surface area contributed by atoms with Crippen LogP contribution in [0.2, 0.25) is 0 Å². The summed E-state index contributed by atoms with van der Waals surface area (Å²) in [5, 5.41) is 14.9. The number of esters is 1.